The van der Waals surface area contributed by atoms with Gasteiger partial charge in [-0.1, -0.05) is 24.3 Å². The molecule has 4 aromatic rings. The molecule has 0 aliphatic carbocycles. The first-order valence-electron chi connectivity index (χ1n) is 5.81. The van der Waals surface area contributed by atoms with E-state index in [1.54, 1.807) is 22.7 Å². The molecular formula is C14H11N2NaS4. The summed E-state index contributed by atoms with van der Waals surface area (Å²) in [5, 5.41) is 0. The van der Waals surface area contributed by atoms with Crippen LogP contribution in [0, 0.1) is 0 Å². The Balaban J connectivity index is 0.000000147. The summed E-state index contributed by atoms with van der Waals surface area (Å²) in [7, 11) is 0. The Morgan fingerprint density at radius 3 is 1.43 bits per heavy atom. The van der Waals surface area contributed by atoms with Gasteiger partial charge in [-0.25, -0.2) is 9.97 Å². The van der Waals surface area contributed by atoms with Crippen molar-refractivity contribution in [2.24, 2.45) is 0 Å². The number of thiazole rings is 2. The first-order chi connectivity index (χ1) is 9.72. The van der Waals surface area contributed by atoms with Gasteiger partial charge in [0.05, 0.1) is 20.4 Å². The summed E-state index contributed by atoms with van der Waals surface area (Å²) in [6.45, 7) is 0. The Hall–Kier alpha value is -0.0800. The van der Waals surface area contributed by atoms with Crippen LogP contribution in [-0.4, -0.2) is 39.5 Å². The van der Waals surface area contributed by atoms with E-state index < -0.39 is 0 Å². The van der Waals surface area contributed by atoms with Crippen LogP contribution in [0.2, 0.25) is 0 Å². The van der Waals surface area contributed by atoms with E-state index in [1.807, 2.05) is 48.5 Å². The Kier molecular flexibility index (Phi) is 6.55. The van der Waals surface area contributed by atoms with Crippen molar-refractivity contribution in [1.82, 2.24) is 9.97 Å². The third-order valence-electron chi connectivity index (χ3n) is 2.57. The summed E-state index contributed by atoms with van der Waals surface area (Å²) in [5.74, 6) is 0. The molecule has 0 N–H and O–H groups in total. The molecule has 0 unspecified atom stereocenters. The van der Waals surface area contributed by atoms with Gasteiger partial charge in [0, 0.05) is 0 Å². The van der Waals surface area contributed by atoms with Gasteiger partial charge in [-0.3, -0.25) is 0 Å². The number of rotatable bonds is 0. The average molecular weight is 359 g/mol. The molecule has 2 heterocycles. The molecule has 0 saturated carbocycles. The summed E-state index contributed by atoms with van der Waals surface area (Å²) < 4.78 is 4.07. The zero-order valence-electron chi connectivity index (χ0n) is 10.2. The Bertz CT molecular complexity index is 718. The SMILES string of the molecule is Sc1nc2ccccc2s1.Sc1nc2ccccc2s1.[NaH]. The van der Waals surface area contributed by atoms with Crippen LogP contribution in [0.3, 0.4) is 0 Å². The Morgan fingerprint density at radius 2 is 1.05 bits per heavy atom. The van der Waals surface area contributed by atoms with Gasteiger partial charge < -0.3 is 0 Å². The second-order valence-corrected chi connectivity index (χ2v) is 7.44. The van der Waals surface area contributed by atoms with Crippen molar-refractivity contribution in [3.63, 3.8) is 0 Å². The van der Waals surface area contributed by atoms with Crippen LogP contribution in [0.5, 0.6) is 0 Å². The fourth-order valence-electron chi connectivity index (χ4n) is 1.72. The summed E-state index contributed by atoms with van der Waals surface area (Å²) >= 11 is 11.5. The Labute approximate surface area is 163 Å². The summed E-state index contributed by atoms with van der Waals surface area (Å²) in [4.78, 5) is 8.39. The molecule has 7 heteroatoms. The van der Waals surface area contributed by atoms with Gasteiger partial charge in [0.1, 0.15) is 8.68 Å². The number of thiol groups is 2. The molecule has 2 aromatic carbocycles. The zero-order valence-corrected chi connectivity index (χ0v) is 13.6. The van der Waals surface area contributed by atoms with Crippen LogP contribution < -0.4 is 0 Å². The molecule has 0 atom stereocenters. The van der Waals surface area contributed by atoms with Gasteiger partial charge in [0.25, 0.3) is 0 Å². The molecule has 0 radical (unpaired) electrons. The minimum absolute atomic E-state index is 0. The molecule has 0 fully saturated rings. The van der Waals surface area contributed by atoms with Gasteiger partial charge in [-0.05, 0) is 24.3 Å². The van der Waals surface area contributed by atoms with E-state index >= 15 is 0 Å². The van der Waals surface area contributed by atoms with Crippen molar-refractivity contribution < 1.29 is 0 Å². The molecule has 0 amide bonds. The molecule has 2 aromatic heterocycles. The molecule has 0 saturated heterocycles. The fourth-order valence-corrected chi connectivity index (χ4v) is 3.94. The number of fused-ring (bicyclic) bond motifs is 2. The molecule has 2 nitrogen and oxygen atoms in total. The normalized spacial score (nSPS) is 10.0. The van der Waals surface area contributed by atoms with E-state index in [1.165, 1.54) is 9.40 Å². The summed E-state index contributed by atoms with van der Waals surface area (Å²) in [6, 6.07) is 16.1. The van der Waals surface area contributed by atoms with E-state index in [0.29, 0.717) is 0 Å². The van der Waals surface area contributed by atoms with Crippen LogP contribution >= 0.6 is 47.9 Å². The van der Waals surface area contributed by atoms with E-state index in [0.717, 1.165) is 19.7 Å². The maximum absolute atomic E-state index is 4.20. The van der Waals surface area contributed by atoms with Gasteiger partial charge in [-0.2, -0.15) is 0 Å². The minimum atomic E-state index is 0. The second-order valence-electron chi connectivity index (χ2n) is 3.93. The van der Waals surface area contributed by atoms with Crippen molar-refractivity contribution in [3.8, 4) is 0 Å². The standard InChI is InChI=1S/2C7H5NS2.Na.H/c2*9-7-8-5-3-1-2-4-6(5)10-7;;/h2*1-4H,(H,8,9);;. The van der Waals surface area contributed by atoms with Crippen molar-refractivity contribution in [1.29, 1.82) is 0 Å². The second kappa shape index (κ2) is 7.97. The molecule has 0 aliphatic heterocycles. The fraction of sp³-hybridized carbons (Fsp3) is 0. The van der Waals surface area contributed by atoms with Crippen LogP contribution in [0.25, 0.3) is 20.4 Å². The number of hydrogen-bond acceptors (Lipinski definition) is 6. The molecule has 0 aliphatic rings. The predicted molar refractivity (Wildman–Crippen MR) is 101 cm³/mol. The molecule has 21 heavy (non-hydrogen) atoms. The van der Waals surface area contributed by atoms with Crippen molar-refractivity contribution in [2.45, 2.75) is 8.68 Å². The van der Waals surface area contributed by atoms with Crippen LogP contribution in [-0.2, 0) is 0 Å². The molecule has 102 valence electrons. The zero-order chi connectivity index (χ0) is 13.9. The van der Waals surface area contributed by atoms with Crippen LogP contribution in [0.4, 0.5) is 0 Å². The maximum atomic E-state index is 4.20. The van der Waals surface area contributed by atoms with Crippen molar-refractivity contribution >= 4 is 97.9 Å². The first kappa shape index (κ1) is 17.3. The number of para-hydroxylation sites is 2. The predicted octanol–water partition coefficient (Wildman–Crippen LogP) is 4.52. The van der Waals surface area contributed by atoms with E-state index in [9.17, 15) is 0 Å². The Morgan fingerprint density at radius 1 is 0.667 bits per heavy atom. The van der Waals surface area contributed by atoms with E-state index in [4.69, 9.17) is 0 Å². The van der Waals surface area contributed by atoms with Gasteiger partial charge in [-0.15, -0.1) is 47.9 Å². The van der Waals surface area contributed by atoms with E-state index in [-0.39, 0.29) is 29.6 Å². The molecule has 4 rings (SSSR count). The molecule has 0 bridgehead atoms. The first-order valence-corrected chi connectivity index (χ1v) is 8.34. The molecule has 0 spiro atoms. The quantitative estimate of drug-likeness (QED) is 0.357. The third kappa shape index (κ3) is 4.45. The van der Waals surface area contributed by atoms with Gasteiger partial charge in [0.2, 0.25) is 0 Å². The van der Waals surface area contributed by atoms with E-state index in [2.05, 4.69) is 35.2 Å². The summed E-state index contributed by atoms with van der Waals surface area (Å²) in [6.07, 6.45) is 0. The summed E-state index contributed by atoms with van der Waals surface area (Å²) in [5.41, 5.74) is 2.08. The molecular weight excluding hydrogens is 347 g/mol. The third-order valence-corrected chi connectivity index (χ3v) is 4.99. The van der Waals surface area contributed by atoms with Crippen molar-refractivity contribution in [3.05, 3.63) is 48.5 Å². The van der Waals surface area contributed by atoms with Crippen molar-refractivity contribution in [2.75, 3.05) is 0 Å². The number of hydrogen-bond donors (Lipinski definition) is 2. The van der Waals surface area contributed by atoms with Gasteiger partial charge >= 0.3 is 29.6 Å². The number of aromatic nitrogens is 2. The topological polar surface area (TPSA) is 25.8 Å². The number of benzene rings is 2. The van der Waals surface area contributed by atoms with Gasteiger partial charge in [0.15, 0.2) is 0 Å². The van der Waals surface area contributed by atoms with Crippen LogP contribution in [0.15, 0.2) is 57.2 Å². The van der Waals surface area contributed by atoms with Crippen LogP contribution in [0.1, 0.15) is 0 Å². The number of nitrogens with zero attached hydrogens (tertiary/aromatic N) is 2. The average Bonchev–Trinajstić information content (AvgIpc) is 2.99. The monoisotopic (exact) mass is 358 g/mol.